The smallest absolute Gasteiger partial charge is 0.234 e. The number of halogens is 1. The number of pyridine rings is 1. The zero-order valence-electron chi connectivity index (χ0n) is 16.8. The summed E-state index contributed by atoms with van der Waals surface area (Å²) in [4.78, 5) is 21.3. The van der Waals surface area contributed by atoms with E-state index in [-0.39, 0.29) is 5.91 Å². The first kappa shape index (κ1) is 20.6. The van der Waals surface area contributed by atoms with E-state index in [1.807, 2.05) is 60.8 Å². The zero-order chi connectivity index (χ0) is 20.8. The Balaban J connectivity index is 1.19. The Kier molecular flexibility index (Phi) is 6.79. The van der Waals surface area contributed by atoms with E-state index in [1.54, 1.807) is 0 Å². The largest absolute Gasteiger partial charge is 0.459 e. The van der Waals surface area contributed by atoms with Gasteiger partial charge in [-0.1, -0.05) is 17.7 Å². The predicted octanol–water partition coefficient (Wildman–Crippen LogP) is 3.43. The highest BCUT2D eigenvalue weighted by Crippen LogP contribution is 2.23. The molecule has 0 bridgehead atoms. The van der Waals surface area contributed by atoms with Gasteiger partial charge in [0.1, 0.15) is 11.5 Å². The molecule has 2 aromatic heterocycles. The molecule has 1 aromatic carbocycles. The Labute approximate surface area is 181 Å². The van der Waals surface area contributed by atoms with Crippen LogP contribution in [0.2, 0.25) is 5.02 Å². The number of hydrogen-bond acceptors (Lipinski definition) is 5. The predicted molar refractivity (Wildman–Crippen MR) is 117 cm³/mol. The van der Waals surface area contributed by atoms with Crippen molar-refractivity contribution in [1.82, 2.24) is 20.1 Å². The summed E-state index contributed by atoms with van der Waals surface area (Å²) >= 11 is 5.93. The van der Waals surface area contributed by atoms with Gasteiger partial charge in [-0.05, 0) is 48.5 Å². The molecular formula is C23H25ClN4O2. The number of piperazine rings is 1. The molecule has 1 saturated heterocycles. The van der Waals surface area contributed by atoms with E-state index in [4.69, 9.17) is 16.0 Å². The second-order valence-corrected chi connectivity index (χ2v) is 7.86. The van der Waals surface area contributed by atoms with Gasteiger partial charge in [0.25, 0.3) is 0 Å². The minimum absolute atomic E-state index is 0.0117. The Bertz CT molecular complexity index is 951. The first-order valence-electron chi connectivity index (χ1n) is 10.1. The van der Waals surface area contributed by atoms with Crippen LogP contribution in [0.4, 0.5) is 0 Å². The van der Waals surface area contributed by atoms with Crippen LogP contribution in [0.3, 0.4) is 0 Å². The van der Waals surface area contributed by atoms with Crippen molar-refractivity contribution in [1.29, 1.82) is 0 Å². The van der Waals surface area contributed by atoms with Gasteiger partial charge in [-0.25, -0.2) is 0 Å². The molecule has 156 valence electrons. The van der Waals surface area contributed by atoms with Crippen molar-refractivity contribution in [3.8, 4) is 11.3 Å². The summed E-state index contributed by atoms with van der Waals surface area (Å²) in [5.74, 6) is 1.51. The Morgan fingerprint density at radius 3 is 2.50 bits per heavy atom. The summed E-state index contributed by atoms with van der Waals surface area (Å²) in [6.45, 7) is 5.27. The molecule has 1 fully saturated rings. The standard InChI is InChI=1S/C23H25ClN4O2/c24-19-6-4-18(5-7-19)22-9-8-21(30-22)15-26-23(29)17-28-13-11-27(12-14-28)16-20-3-1-2-10-25-20/h1-10H,11-17H2,(H,26,29). The molecule has 0 radical (unpaired) electrons. The third kappa shape index (κ3) is 5.69. The second kappa shape index (κ2) is 9.89. The SMILES string of the molecule is O=C(CN1CCN(Cc2ccccn2)CC1)NCc1ccc(-c2ccc(Cl)cc2)o1. The van der Waals surface area contributed by atoms with E-state index < -0.39 is 0 Å². The summed E-state index contributed by atoms with van der Waals surface area (Å²) < 4.78 is 5.84. The Morgan fingerprint density at radius 2 is 1.77 bits per heavy atom. The molecule has 0 spiro atoms. The third-order valence-corrected chi connectivity index (χ3v) is 5.45. The van der Waals surface area contributed by atoms with Gasteiger partial charge in [-0.2, -0.15) is 0 Å². The van der Waals surface area contributed by atoms with Gasteiger partial charge in [0.15, 0.2) is 0 Å². The van der Waals surface area contributed by atoms with Gasteiger partial charge >= 0.3 is 0 Å². The van der Waals surface area contributed by atoms with Crippen LogP contribution >= 0.6 is 11.6 Å². The van der Waals surface area contributed by atoms with Crippen molar-refractivity contribution in [2.24, 2.45) is 0 Å². The average molecular weight is 425 g/mol. The molecule has 30 heavy (non-hydrogen) atoms. The number of nitrogens with one attached hydrogen (secondary N) is 1. The number of amides is 1. The van der Waals surface area contributed by atoms with Gasteiger partial charge in [0.2, 0.25) is 5.91 Å². The van der Waals surface area contributed by atoms with E-state index >= 15 is 0 Å². The van der Waals surface area contributed by atoms with Gasteiger partial charge < -0.3 is 9.73 Å². The van der Waals surface area contributed by atoms with Crippen LogP contribution in [0.25, 0.3) is 11.3 Å². The maximum atomic E-state index is 12.3. The quantitative estimate of drug-likeness (QED) is 0.629. The summed E-state index contributed by atoms with van der Waals surface area (Å²) in [7, 11) is 0. The molecule has 3 heterocycles. The molecule has 3 aromatic rings. The van der Waals surface area contributed by atoms with Crippen molar-refractivity contribution in [2.45, 2.75) is 13.1 Å². The van der Waals surface area contributed by atoms with Gasteiger partial charge in [0.05, 0.1) is 18.8 Å². The minimum Gasteiger partial charge on any atom is -0.459 e. The summed E-state index contributed by atoms with van der Waals surface area (Å²) in [5.41, 5.74) is 2.04. The van der Waals surface area contributed by atoms with Crippen molar-refractivity contribution >= 4 is 17.5 Å². The molecule has 0 aliphatic carbocycles. The van der Waals surface area contributed by atoms with E-state index in [1.165, 1.54) is 0 Å². The van der Waals surface area contributed by atoms with Gasteiger partial charge in [-0.3, -0.25) is 19.6 Å². The molecule has 1 amide bonds. The topological polar surface area (TPSA) is 61.6 Å². The molecular weight excluding hydrogens is 400 g/mol. The van der Waals surface area contributed by atoms with E-state index in [0.29, 0.717) is 18.1 Å². The van der Waals surface area contributed by atoms with Crippen molar-refractivity contribution in [3.63, 3.8) is 0 Å². The number of hydrogen-bond donors (Lipinski definition) is 1. The summed E-state index contributed by atoms with van der Waals surface area (Å²) in [6, 6.07) is 17.3. The Hall–Kier alpha value is -2.67. The highest BCUT2D eigenvalue weighted by atomic mass is 35.5. The minimum atomic E-state index is 0.0117. The van der Waals surface area contributed by atoms with Crippen LogP contribution in [0.5, 0.6) is 0 Å². The fourth-order valence-corrected chi connectivity index (χ4v) is 3.64. The lowest BCUT2D eigenvalue weighted by Crippen LogP contribution is -2.49. The number of aromatic nitrogens is 1. The molecule has 7 heteroatoms. The maximum absolute atomic E-state index is 12.3. The number of carbonyl (C=O) groups is 1. The van der Waals surface area contributed by atoms with Crippen molar-refractivity contribution in [2.75, 3.05) is 32.7 Å². The number of nitrogens with zero attached hydrogens (tertiary/aromatic N) is 3. The number of benzene rings is 1. The lowest BCUT2D eigenvalue weighted by atomic mass is 10.2. The fraction of sp³-hybridized carbons (Fsp3) is 0.304. The van der Waals surface area contributed by atoms with Crippen LogP contribution in [0.15, 0.2) is 65.2 Å². The maximum Gasteiger partial charge on any atom is 0.234 e. The molecule has 4 rings (SSSR count). The molecule has 1 N–H and O–H groups in total. The van der Waals surface area contributed by atoms with Crippen LogP contribution in [-0.2, 0) is 17.9 Å². The molecule has 1 aliphatic heterocycles. The lowest BCUT2D eigenvalue weighted by molar-refractivity contribution is -0.122. The zero-order valence-corrected chi connectivity index (χ0v) is 17.5. The van der Waals surface area contributed by atoms with Crippen LogP contribution < -0.4 is 5.32 Å². The van der Waals surface area contributed by atoms with Crippen LogP contribution in [-0.4, -0.2) is 53.4 Å². The molecule has 0 saturated carbocycles. The van der Waals surface area contributed by atoms with Gasteiger partial charge in [0, 0.05) is 49.5 Å². The highest BCUT2D eigenvalue weighted by molar-refractivity contribution is 6.30. The van der Waals surface area contributed by atoms with E-state index in [2.05, 4.69) is 20.1 Å². The normalized spacial score (nSPS) is 15.2. The summed E-state index contributed by atoms with van der Waals surface area (Å²) in [5, 5.41) is 3.64. The second-order valence-electron chi connectivity index (χ2n) is 7.42. The van der Waals surface area contributed by atoms with Gasteiger partial charge in [-0.15, -0.1) is 0 Å². The van der Waals surface area contributed by atoms with E-state index in [0.717, 1.165) is 55.5 Å². The molecule has 0 unspecified atom stereocenters. The number of furan rings is 1. The van der Waals surface area contributed by atoms with Crippen molar-refractivity contribution < 1.29 is 9.21 Å². The molecule has 6 nitrogen and oxygen atoms in total. The Morgan fingerprint density at radius 1 is 1.00 bits per heavy atom. The van der Waals surface area contributed by atoms with E-state index in [9.17, 15) is 4.79 Å². The summed E-state index contributed by atoms with van der Waals surface area (Å²) in [6.07, 6.45) is 1.83. The third-order valence-electron chi connectivity index (χ3n) is 5.19. The van der Waals surface area contributed by atoms with Crippen molar-refractivity contribution in [3.05, 3.63) is 77.3 Å². The molecule has 1 aliphatic rings. The monoisotopic (exact) mass is 424 g/mol. The molecule has 0 atom stereocenters. The first-order valence-corrected chi connectivity index (χ1v) is 10.5. The fourth-order valence-electron chi connectivity index (χ4n) is 3.51. The van der Waals surface area contributed by atoms with Crippen LogP contribution in [0, 0.1) is 0 Å². The first-order chi connectivity index (χ1) is 14.7. The average Bonchev–Trinajstić information content (AvgIpc) is 3.24. The number of rotatable bonds is 7. The number of carbonyl (C=O) groups excluding carboxylic acids is 1. The van der Waals surface area contributed by atoms with Crippen LogP contribution in [0.1, 0.15) is 11.5 Å². The lowest BCUT2D eigenvalue weighted by Gasteiger charge is -2.34. The highest BCUT2D eigenvalue weighted by Gasteiger charge is 2.19.